The third-order valence-electron chi connectivity index (χ3n) is 2.41. The highest BCUT2D eigenvalue weighted by atomic mass is 14.9. The number of H-pyrrole nitrogens is 1. The van der Waals surface area contributed by atoms with Crippen LogP contribution in [0.1, 0.15) is 12.1 Å². The summed E-state index contributed by atoms with van der Waals surface area (Å²) < 4.78 is 0. The molecule has 1 aromatic heterocycles. The van der Waals surface area contributed by atoms with Crippen LogP contribution >= 0.6 is 0 Å². The number of imidazole rings is 1. The highest BCUT2D eigenvalue weighted by Crippen LogP contribution is 2.39. The highest BCUT2D eigenvalue weighted by molar-refractivity contribution is 5.01. The van der Waals surface area contributed by atoms with E-state index >= 15 is 0 Å². The second-order valence-electron chi connectivity index (χ2n) is 3.27. The predicted molar refractivity (Wildman–Crippen MR) is 42.9 cm³/mol. The van der Waals surface area contributed by atoms with E-state index in [0.29, 0.717) is 0 Å². The van der Waals surface area contributed by atoms with Crippen molar-refractivity contribution in [3.63, 3.8) is 0 Å². The monoisotopic (exact) mass is 151 g/mol. The maximum Gasteiger partial charge on any atom is 0.0921 e. The molecule has 60 valence electrons. The summed E-state index contributed by atoms with van der Waals surface area (Å²) in [6, 6.07) is 0. The molecule has 3 heteroatoms. The first-order chi connectivity index (χ1) is 5.40. The molecule has 1 heterocycles. The molecule has 0 bridgehead atoms. The molecule has 11 heavy (non-hydrogen) atoms. The lowest BCUT2D eigenvalue weighted by molar-refractivity contribution is 0.696. The van der Waals surface area contributed by atoms with Crippen LogP contribution in [0.3, 0.4) is 0 Å². The predicted octanol–water partition coefficient (Wildman–Crippen LogP) is 0.547. The van der Waals surface area contributed by atoms with Gasteiger partial charge in [0.05, 0.1) is 6.33 Å². The molecule has 1 aromatic rings. The van der Waals surface area contributed by atoms with Gasteiger partial charge in [-0.05, 0) is 31.2 Å². The van der Waals surface area contributed by atoms with Crippen molar-refractivity contribution in [2.75, 3.05) is 6.54 Å². The Morgan fingerprint density at radius 2 is 2.55 bits per heavy atom. The van der Waals surface area contributed by atoms with E-state index in [4.69, 9.17) is 5.73 Å². The zero-order valence-corrected chi connectivity index (χ0v) is 6.46. The van der Waals surface area contributed by atoms with Crippen LogP contribution < -0.4 is 5.73 Å². The minimum atomic E-state index is 0.776. The molecule has 0 spiro atoms. The molecule has 0 aliphatic heterocycles. The lowest BCUT2D eigenvalue weighted by atomic mass is 10.2. The van der Waals surface area contributed by atoms with E-state index < -0.39 is 0 Å². The van der Waals surface area contributed by atoms with Gasteiger partial charge in [0.15, 0.2) is 0 Å². The van der Waals surface area contributed by atoms with Crippen LogP contribution in [0.2, 0.25) is 0 Å². The Morgan fingerprint density at radius 1 is 1.64 bits per heavy atom. The van der Waals surface area contributed by atoms with Crippen LogP contribution in [-0.4, -0.2) is 16.5 Å². The summed E-state index contributed by atoms with van der Waals surface area (Å²) in [5, 5.41) is 0. The number of hydrogen-bond acceptors (Lipinski definition) is 2. The Bertz CT molecular complexity index is 217. The van der Waals surface area contributed by atoms with Crippen molar-refractivity contribution in [1.29, 1.82) is 0 Å². The van der Waals surface area contributed by atoms with Crippen molar-refractivity contribution in [3.05, 3.63) is 18.2 Å². The molecule has 2 rings (SSSR count). The van der Waals surface area contributed by atoms with Crippen molar-refractivity contribution < 1.29 is 0 Å². The van der Waals surface area contributed by atoms with Crippen LogP contribution in [0.5, 0.6) is 0 Å². The van der Waals surface area contributed by atoms with Crippen molar-refractivity contribution in [2.45, 2.75) is 12.8 Å². The van der Waals surface area contributed by atoms with Crippen LogP contribution in [-0.2, 0) is 6.42 Å². The molecule has 1 fully saturated rings. The summed E-state index contributed by atoms with van der Waals surface area (Å²) in [5.41, 5.74) is 6.77. The zero-order valence-electron chi connectivity index (χ0n) is 6.46. The third kappa shape index (κ3) is 1.43. The van der Waals surface area contributed by atoms with Crippen molar-refractivity contribution in [3.8, 4) is 0 Å². The van der Waals surface area contributed by atoms with Gasteiger partial charge in [-0.15, -0.1) is 0 Å². The summed E-state index contributed by atoms with van der Waals surface area (Å²) in [6.07, 6.45) is 6.05. The van der Waals surface area contributed by atoms with E-state index in [9.17, 15) is 0 Å². The van der Waals surface area contributed by atoms with Gasteiger partial charge >= 0.3 is 0 Å². The number of nitrogens with two attached hydrogens (primary N) is 1. The van der Waals surface area contributed by atoms with E-state index in [2.05, 4.69) is 9.97 Å². The van der Waals surface area contributed by atoms with Gasteiger partial charge in [-0.3, -0.25) is 0 Å². The van der Waals surface area contributed by atoms with Gasteiger partial charge in [0.2, 0.25) is 0 Å². The average Bonchev–Trinajstić information content (AvgIpc) is 2.54. The van der Waals surface area contributed by atoms with Crippen LogP contribution in [0, 0.1) is 11.8 Å². The molecule has 0 amide bonds. The quantitative estimate of drug-likeness (QED) is 0.662. The van der Waals surface area contributed by atoms with Crippen LogP contribution in [0.4, 0.5) is 0 Å². The maximum atomic E-state index is 5.53. The zero-order chi connectivity index (χ0) is 7.68. The molecule has 1 saturated carbocycles. The SMILES string of the molecule is NC[C@H]1C[C@H]1Cc1cnc[nH]1. The molecule has 0 unspecified atom stereocenters. The maximum absolute atomic E-state index is 5.53. The molecular formula is C8H13N3. The lowest BCUT2D eigenvalue weighted by Crippen LogP contribution is -2.03. The summed E-state index contributed by atoms with van der Waals surface area (Å²) in [4.78, 5) is 7.07. The molecule has 1 aliphatic carbocycles. The van der Waals surface area contributed by atoms with E-state index in [1.165, 1.54) is 12.1 Å². The summed E-state index contributed by atoms with van der Waals surface area (Å²) in [6.45, 7) is 0.846. The first-order valence-electron chi connectivity index (χ1n) is 4.07. The van der Waals surface area contributed by atoms with E-state index in [1.807, 2.05) is 6.20 Å². The van der Waals surface area contributed by atoms with Gasteiger partial charge in [-0.25, -0.2) is 4.98 Å². The Labute approximate surface area is 66.0 Å². The Morgan fingerprint density at radius 3 is 3.09 bits per heavy atom. The Kier molecular flexibility index (Phi) is 1.66. The molecule has 3 N–H and O–H groups in total. The number of aromatic amines is 1. The molecule has 2 atom stereocenters. The molecule has 3 nitrogen and oxygen atoms in total. The van der Waals surface area contributed by atoms with Gasteiger partial charge in [0.25, 0.3) is 0 Å². The van der Waals surface area contributed by atoms with Crippen molar-refractivity contribution in [2.24, 2.45) is 17.6 Å². The third-order valence-corrected chi connectivity index (χ3v) is 2.41. The summed E-state index contributed by atoms with van der Waals surface area (Å²) >= 11 is 0. The first kappa shape index (κ1) is 6.85. The van der Waals surface area contributed by atoms with E-state index in [0.717, 1.165) is 24.8 Å². The van der Waals surface area contributed by atoms with Crippen molar-refractivity contribution in [1.82, 2.24) is 9.97 Å². The molecule has 0 saturated heterocycles. The van der Waals surface area contributed by atoms with Gasteiger partial charge in [0, 0.05) is 11.9 Å². The van der Waals surface area contributed by atoms with Gasteiger partial charge in [0.1, 0.15) is 0 Å². The van der Waals surface area contributed by atoms with Crippen LogP contribution in [0.15, 0.2) is 12.5 Å². The van der Waals surface area contributed by atoms with Gasteiger partial charge < -0.3 is 10.7 Å². The first-order valence-corrected chi connectivity index (χ1v) is 4.07. The smallest absolute Gasteiger partial charge is 0.0921 e. The van der Waals surface area contributed by atoms with Crippen LogP contribution in [0.25, 0.3) is 0 Å². The highest BCUT2D eigenvalue weighted by Gasteiger charge is 2.35. The average molecular weight is 151 g/mol. The second-order valence-corrected chi connectivity index (χ2v) is 3.27. The Balaban J connectivity index is 1.85. The number of nitrogens with one attached hydrogen (secondary N) is 1. The number of nitrogens with zero attached hydrogens (tertiary/aromatic N) is 1. The molecule has 0 radical (unpaired) electrons. The molecular weight excluding hydrogens is 138 g/mol. The van der Waals surface area contributed by atoms with Gasteiger partial charge in [-0.1, -0.05) is 0 Å². The molecule has 1 aliphatic rings. The minimum Gasteiger partial charge on any atom is -0.348 e. The van der Waals surface area contributed by atoms with E-state index in [-0.39, 0.29) is 0 Å². The number of aromatic nitrogens is 2. The molecule has 0 aromatic carbocycles. The minimum absolute atomic E-state index is 0.776. The topological polar surface area (TPSA) is 54.7 Å². The fraction of sp³-hybridized carbons (Fsp3) is 0.625. The summed E-state index contributed by atoms with van der Waals surface area (Å²) in [7, 11) is 0. The van der Waals surface area contributed by atoms with E-state index in [1.54, 1.807) is 6.33 Å². The normalized spacial score (nSPS) is 28.8. The fourth-order valence-electron chi connectivity index (χ4n) is 1.53. The fourth-order valence-corrected chi connectivity index (χ4v) is 1.53. The largest absolute Gasteiger partial charge is 0.348 e. The number of hydrogen-bond donors (Lipinski definition) is 2. The summed E-state index contributed by atoms with van der Waals surface area (Å²) in [5.74, 6) is 1.60. The van der Waals surface area contributed by atoms with Gasteiger partial charge in [-0.2, -0.15) is 0 Å². The standard InChI is InChI=1S/C8H13N3/c9-3-7-1-6(7)2-8-4-10-5-11-8/h4-7H,1-3,9H2,(H,10,11)/t6-,7+/m0/s1. The van der Waals surface area contributed by atoms with Crippen molar-refractivity contribution >= 4 is 0 Å². The number of rotatable bonds is 3. The second kappa shape index (κ2) is 2.66. The lowest BCUT2D eigenvalue weighted by Gasteiger charge is -1.93. The Hall–Kier alpha value is -0.830.